The van der Waals surface area contributed by atoms with Crippen molar-refractivity contribution in [2.75, 3.05) is 17.3 Å². The second-order valence-corrected chi connectivity index (χ2v) is 5.89. The highest BCUT2D eigenvalue weighted by atomic mass is 32.2. The fourth-order valence-corrected chi connectivity index (χ4v) is 2.68. The first-order valence-electron chi connectivity index (χ1n) is 7.51. The van der Waals surface area contributed by atoms with E-state index in [0.29, 0.717) is 16.6 Å². The first-order valence-corrected chi connectivity index (χ1v) is 8.73. The number of hydrogen-bond donors (Lipinski definition) is 2. The van der Waals surface area contributed by atoms with Crippen LogP contribution < -0.4 is 15.8 Å². The van der Waals surface area contributed by atoms with Gasteiger partial charge in [0, 0.05) is 5.69 Å². The highest BCUT2D eigenvalue weighted by Crippen LogP contribution is 2.22. The number of nitrogens with one attached hydrogen (secondary N) is 1. The molecule has 0 bridgehead atoms. The maximum atomic E-state index is 12.2. The molecule has 3 N–H and O–H groups in total. The number of anilines is 2. The standard InChI is InChI=1S/C17H17N5O2S/c1-25-17-21-20-16(18)22(17)11-15(23)19-12-7-9-14(10-8-12)24-13-5-3-2-4-6-13/h2-10H,11H2,1H3,(H2,18,20)(H,19,23). The van der Waals surface area contributed by atoms with Crippen LogP contribution in [0.4, 0.5) is 11.6 Å². The number of ether oxygens (including phenoxy) is 1. The van der Waals surface area contributed by atoms with E-state index >= 15 is 0 Å². The molecule has 0 saturated heterocycles. The van der Waals surface area contributed by atoms with E-state index < -0.39 is 0 Å². The second kappa shape index (κ2) is 7.71. The molecule has 0 spiro atoms. The Kier molecular flexibility index (Phi) is 5.20. The zero-order valence-corrected chi connectivity index (χ0v) is 14.4. The number of nitrogen functional groups attached to an aromatic ring is 1. The van der Waals surface area contributed by atoms with Crippen LogP contribution in [-0.4, -0.2) is 26.9 Å². The first-order chi connectivity index (χ1) is 12.2. The van der Waals surface area contributed by atoms with Crippen LogP contribution in [0, 0.1) is 0 Å². The summed E-state index contributed by atoms with van der Waals surface area (Å²) in [5, 5.41) is 11.1. The molecule has 0 aliphatic heterocycles. The summed E-state index contributed by atoms with van der Waals surface area (Å²) in [7, 11) is 0. The fraction of sp³-hybridized carbons (Fsp3) is 0.118. The summed E-state index contributed by atoms with van der Waals surface area (Å²) in [4.78, 5) is 12.2. The van der Waals surface area contributed by atoms with Gasteiger partial charge in [0.25, 0.3) is 0 Å². The van der Waals surface area contributed by atoms with E-state index in [0.717, 1.165) is 5.75 Å². The van der Waals surface area contributed by atoms with Crippen molar-refractivity contribution in [2.45, 2.75) is 11.7 Å². The lowest BCUT2D eigenvalue weighted by Gasteiger charge is -2.09. The van der Waals surface area contributed by atoms with Crippen LogP contribution in [0.5, 0.6) is 11.5 Å². The number of thioether (sulfide) groups is 1. The van der Waals surface area contributed by atoms with Gasteiger partial charge in [-0.15, -0.1) is 10.2 Å². The van der Waals surface area contributed by atoms with Crippen molar-refractivity contribution in [1.82, 2.24) is 14.8 Å². The lowest BCUT2D eigenvalue weighted by molar-refractivity contribution is -0.116. The van der Waals surface area contributed by atoms with E-state index in [-0.39, 0.29) is 18.4 Å². The topological polar surface area (TPSA) is 95.1 Å². The first kappa shape index (κ1) is 16.8. The van der Waals surface area contributed by atoms with Crippen LogP contribution in [0.15, 0.2) is 59.8 Å². The molecule has 7 nitrogen and oxygen atoms in total. The maximum absolute atomic E-state index is 12.2. The largest absolute Gasteiger partial charge is 0.457 e. The maximum Gasteiger partial charge on any atom is 0.244 e. The molecule has 0 saturated carbocycles. The predicted octanol–water partition coefficient (Wildman–Crippen LogP) is 3.01. The van der Waals surface area contributed by atoms with Crippen LogP contribution in [0.2, 0.25) is 0 Å². The molecule has 0 atom stereocenters. The van der Waals surface area contributed by atoms with E-state index in [1.165, 1.54) is 11.8 Å². The third kappa shape index (κ3) is 4.30. The molecule has 0 fully saturated rings. The van der Waals surface area contributed by atoms with Crippen LogP contribution in [0.3, 0.4) is 0 Å². The summed E-state index contributed by atoms with van der Waals surface area (Å²) >= 11 is 1.38. The molecule has 25 heavy (non-hydrogen) atoms. The van der Waals surface area contributed by atoms with Gasteiger partial charge in [-0.1, -0.05) is 30.0 Å². The van der Waals surface area contributed by atoms with Crippen molar-refractivity contribution in [3.05, 3.63) is 54.6 Å². The van der Waals surface area contributed by atoms with Crippen LogP contribution in [0.25, 0.3) is 0 Å². The third-order valence-electron chi connectivity index (χ3n) is 3.35. The van der Waals surface area contributed by atoms with Crippen molar-refractivity contribution >= 4 is 29.3 Å². The summed E-state index contributed by atoms with van der Waals surface area (Å²) in [5.74, 6) is 1.45. The van der Waals surface area contributed by atoms with E-state index in [1.54, 1.807) is 28.8 Å². The molecule has 3 aromatic rings. The van der Waals surface area contributed by atoms with Crippen LogP contribution in [0.1, 0.15) is 0 Å². The lowest BCUT2D eigenvalue weighted by atomic mass is 10.3. The van der Waals surface area contributed by atoms with Gasteiger partial charge in [-0.25, -0.2) is 0 Å². The average molecular weight is 355 g/mol. The van der Waals surface area contributed by atoms with Gasteiger partial charge in [0.1, 0.15) is 18.0 Å². The van der Waals surface area contributed by atoms with Crippen molar-refractivity contribution in [3.8, 4) is 11.5 Å². The van der Waals surface area contributed by atoms with Crippen molar-refractivity contribution in [1.29, 1.82) is 0 Å². The minimum absolute atomic E-state index is 0.0529. The molecule has 0 aliphatic rings. The van der Waals surface area contributed by atoms with E-state index in [2.05, 4.69) is 15.5 Å². The molecule has 0 unspecified atom stereocenters. The highest BCUT2D eigenvalue weighted by molar-refractivity contribution is 7.98. The molecule has 1 aromatic heterocycles. The Morgan fingerprint density at radius 2 is 1.80 bits per heavy atom. The molecule has 3 rings (SSSR count). The Bertz CT molecular complexity index is 849. The predicted molar refractivity (Wildman–Crippen MR) is 97.8 cm³/mol. The van der Waals surface area contributed by atoms with Crippen molar-refractivity contribution in [2.24, 2.45) is 0 Å². The summed E-state index contributed by atoms with van der Waals surface area (Å²) in [6, 6.07) is 16.6. The van der Waals surface area contributed by atoms with Gasteiger partial charge < -0.3 is 15.8 Å². The molecule has 1 heterocycles. The lowest BCUT2D eigenvalue weighted by Crippen LogP contribution is -2.20. The Balaban J connectivity index is 1.61. The van der Waals surface area contributed by atoms with Gasteiger partial charge in [-0.3, -0.25) is 9.36 Å². The minimum Gasteiger partial charge on any atom is -0.457 e. The van der Waals surface area contributed by atoms with E-state index in [9.17, 15) is 4.79 Å². The normalized spacial score (nSPS) is 10.4. The van der Waals surface area contributed by atoms with E-state index in [4.69, 9.17) is 10.5 Å². The molecular weight excluding hydrogens is 338 g/mol. The Morgan fingerprint density at radius 3 is 2.48 bits per heavy atom. The van der Waals surface area contributed by atoms with Gasteiger partial charge in [-0.05, 0) is 42.7 Å². The minimum atomic E-state index is -0.210. The molecule has 0 radical (unpaired) electrons. The number of carbonyl (C=O) groups excluding carboxylic acids is 1. The molecule has 128 valence electrons. The van der Waals surface area contributed by atoms with Crippen LogP contribution in [-0.2, 0) is 11.3 Å². The number of para-hydroxylation sites is 1. The molecule has 8 heteroatoms. The number of carbonyl (C=O) groups is 1. The summed E-state index contributed by atoms with van der Waals surface area (Å²) < 4.78 is 7.28. The number of hydrogen-bond acceptors (Lipinski definition) is 6. The Labute approximate surface area is 149 Å². The molecular formula is C17H17N5O2S. The van der Waals surface area contributed by atoms with Crippen molar-refractivity contribution in [3.63, 3.8) is 0 Å². The molecule has 1 amide bonds. The van der Waals surface area contributed by atoms with E-state index in [1.807, 2.05) is 36.6 Å². The number of nitrogens with two attached hydrogens (primary N) is 1. The van der Waals surface area contributed by atoms with Gasteiger partial charge in [0.2, 0.25) is 11.9 Å². The number of nitrogens with zero attached hydrogens (tertiary/aromatic N) is 3. The Hall–Kier alpha value is -3.00. The summed E-state index contributed by atoms with van der Waals surface area (Å²) in [6.45, 7) is 0.0529. The average Bonchev–Trinajstić information content (AvgIpc) is 2.97. The quantitative estimate of drug-likeness (QED) is 0.660. The number of rotatable bonds is 6. The van der Waals surface area contributed by atoms with Gasteiger partial charge >= 0.3 is 0 Å². The highest BCUT2D eigenvalue weighted by Gasteiger charge is 2.12. The number of aromatic nitrogens is 3. The SMILES string of the molecule is CSc1nnc(N)n1CC(=O)Nc1ccc(Oc2ccccc2)cc1. The molecule has 2 aromatic carbocycles. The second-order valence-electron chi connectivity index (χ2n) is 5.12. The monoisotopic (exact) mass is 355 g/mol. The number of amides is 1. The zero-order valence-electron chi connectivity index (χ0n) is 13.5. The summed E-state index contributed by atoms with van der Waals surface area (Å²) in [5.41, 5.74) is 6.40. The molecule has 0 aliphatic carbocycles. The smallest absolute Gasteiger partial charge is 0.244 e. The van der Waals surface area contributed by atoms with Gasteiger partial charge in [-0.2, -0.15) is 0 Å². The summed E-state index contributed by atoms with van der Waals surface area (Å²) in [6.07, 6.45) is 1.85. The van der Waals surface area contributed by atoms with Gasteiger partial charge in [0.05, 0.1) is 0 Å². The fourth-order valence-electron chi connectivity index (χ4n) is 2.17. The number of benzene rings is 2. The Morgan fingerprint density at radius 1 is 1.12 bits per heavy atom. The van der Waals surface area contributed by atoms with Crippen molar-refractivity contribution < 1.29 is 9.53 Å². The third-order valence-corrected chi connectivity index (χ3v) is 4.01. The van der Waals surface area contributed by atoms with Gasteiger partial charge in [0.15, 0.2) is 5.16 Å². The van der Waals surface area contributed by atoms with Crippen LogP contribution >= 0.6 is 11.8 Å². The zero-order chi connectivity index (χ0) is 17.6.